The zero-order chi connectivity index (χ0) is 20.3. The summed E-state index contributed by atoms with van der Waals surface area (Å²) in [6, 6.07) is 9.72. The number of rotatable bonds is 7. The van der Waals surface area contributed by atoms with Gasteiger partial charge >= 0.3 is 5.97 Å². The van der Waals surface area contributed by atoms with Gasteiger partial charge in [-0.2, -0.15) is 0 Å². The van der Waals surface area contributed by atoms with Crippen molar-refractivity contribution in [2.24, 2.45) is 0 Å². The van der Waals surface area contributed by atoms with Gasteiger partial charge in [-0.1, -0.05) is 23.7 Å². The van der Waals surface area contributed by atoms with Gasteiger partial charge in [0.25, 0.3) is 0 Å². The zero-order valence-corrected chi connectivity index (χ0v) is 15.2. The first kappa shape index (κ1) is 19.6. The van der Waals surface area contributed by atoms with Gasteiger partial charge in [0.15, 0.2) is 11.6 Å². The molecule has 0 saturated heterocycles. The molecule has 0 atom stereocenters. The third-order valence-electron chi connectivity index (χ3n) is 3.95. The SMILES string of the molecule is O=C(CCc1cccc(F)c1)Cn1nc(-c2ccc(Cl)c(F)c2)nc1C(=O)O. The van der Waals surface area contributed by atoms with E-state index in [0.29, 0.717) is 12.0 Å². The van der Waals surface area contributed by atoms with E-state index in [1.54, 1.807) is 12.1 Å². The first-order chi connectivity index (χ1) is 13.3. The Bertz CT molecular complexity index is 1050. The van der Waals surface area contributed by atoms with Crippen molar-refractivity contribution < 1.29 is 23.5 Å². The van der Waals surface area contributed by atoms with Gasteiger partial charge in [-0.25, -0.2) is 23.2 Å². The van der Waals surface area contributed by atoms with E-state index in [1.807, 2.05) is 0 Å². The number of carbonyl (C=O) groups is 2. The summed E-state index contributed by atoms with van der Waals surface area (Å²) in [5.41, 5.74) is 0.887. The third kappa shape index (κ3) is 4.58. The minimum absolute atomic E-state index is 0.0362. The van der Waals surface area contributed by atoms with Crippen LogP contribution in [0.15, 0.2) is 42.5 Å². The van der Waals surface area contributed by atoms with Crippen LogP contribution in [0.1, 0.15) is 22.6 Å². The van der Waals surface area contributed by atoms with Gasteiger partial charge in [0.05, 0.1) is 5.02 Å². The molecule has 0 unspecified atom stereocenters. The molecule has 0 aliphatic heterocycles. The van der Waals surface area contributed by atoms with Crippen molar-refractivity contribution in [3.8, 4) is 11.4 Å². The molecule has 1 heterocycles. The van der Waals surface area contributed by atoms with Crippen molar-refractivity contribution in [1.82, 2.24) is 14.8 Å². The van der Waals surface area contributed by atoms with Crippen molar-refractivity contribution in [2.75, 3.05) is 0 Å². The smallest absolute Gasteiger partial charge is 0.373 e. The van der Waals surface area contributed by atoms with E-state index in [9.17, 15) is 23.5 Å². The number of aryl methyl sites for hydroxylation is 1. The molecular weight excluding hydrogens is 392 g/mol. The normalized spacial score (nSPS) is 10.8. The fourth-order valence-electron chi connectivity index (χ4n) is 2.59. The van der Waals surface area contributed by atoms with Crippen LogP contribution in [0.25, 0.3) is 11.4 Å². The van der Waals surface area contributed by atoms with Crippen LogP contribution in [0.3, 0.4) is 0 Å². The van der Waals surface area contributed by atoms with Crippen LogP contribution < -0.4 is 0 Å². The van der Waals surface area contributed by atoms with Crippen LogP contribution in [0.2, 0.25) is 5.02 Å². The molecule has 1 aromatic heterocycles. The van der Waals surface area contributed by atoms with Crippen LogP contribution in [-0.4, -0.2) is 31.6 Å². The molecule has 0 saturated carbocycles. The summed E-state index contributed by atoms with van der Waals surface area (Å²) in [4.78, 5) is 27.5. The van der Waals surface area contributed by atoms with Crippen molar-refractivity contribution in [1.29, 1.82) is 0 Å². The summed E-state index contributed by atoms with van der Waals surface area (Å²) < 4.78 is 27.8. The van der Waals surface area contributed by atoms with Crippen LogP contribution in [-0.2, 0) is 17.8 Å². The predicted molar refractivity (Wildman–Crippen MR) is 97.1 cm³/mol. The fourth-order valence-corrected chi connectivity index (χ4v) is 2.71. The quantitative estimate of drug-likeness (QED) is 0.646. The second-order valence-corrected chi connectivity index (χ2v) is 6.43. The second kappa shape index (κ2) is 8.26. The molecule has 6 nitrogen and oxygen atoms in total. The van der Waals surface area contributed by atoms with Gasteiger partial charge in [0.2, 0.25) is 5.82 Å². The van der Waals surface area contributed by atoms with Crippen LogP contribution >= 0.6 is 11.6 Å². The van der Waals surface area contributed by atoms with Gasteiger partial charge in [0, 0.05) is 12.0 Å². The number of carbonyl (C=O) groups excluding carboxylic acids is 1. The van der Waals surface area contributed by atoms with Gasteiger partial charge in [-0.05, 0) is 42.3 Å². The molecule has 0 fully saturated rings. The Morgan fingerprint density at radius 2 is 1.93 bits per heavy atom. The molecule has 1 N–H and O–H groups in total. The number of carboxylic acids is 1. The maximum Gasteiger partial charge on any atom is 0.373 e. The molecule has 0 aliphatic rings. The number of halogens is 3. The van der Waals surface area contributed by atoms with Gasteiger partial charge < -0.3 is 5.11 Å². The standard InChI is InChI=1S/C19H14ClF2N3O3/c20-15-7-5-12(9-16(15)22)17-23-18(19(27)28)25(24-17)10-14(26)6-4-11-2-1-3-13(21)8-11/h1-3,5,7-9H,4,6,10H2,(H,27,28). The number of hydrogen-bond donors (Lipinski definition) is 1. The summed E-state index contributed by atoms with van der Waals surface area (Å²) in [6.45, 7) is -0.319. The number of hydrogen-bond acceptors (Lipinski definition) is 4. The van der Waals surface area contributed by atoms with Crippen molar-refractivity contribution >= 4 is 23.4 Å². The number of benzene rings is 2. The highest BCUT2D eigenvalue weighted by atomic mass is 35.5. The molecule has 0 bridgehead atoms. The number of aromatic carboxylic acids is 1. The molecule has 144 valence electrons. The second-order valence-electron chi connectivity index (χ2n) is 6.02. The van der Waals surface area contributed by atoms with Crippen molar-refractivity contribution in [2.45, 2.75) is 19.4 Å². The number of carboxylic acid groups (broad SMARTS) is 1. The lowest BCUT2D eigenvalue weighted by molar-refractivity contribution is -0.119. The zero-order valence-electron chi connectivity index (χ0n) is 14.4. The van der Waals surface area contributed by atoms with E-state index in [-0.39, 0.29) is 35.2 Å². The van der Waals surface area contributed by atoms with Gasteiger partial charge in [-0.15, -0.1) is 5.10 Å². The van der Waals surface area contributed by atoms with Gasteiger partial charge in [-0.3, -0.25) is 4.79 Å². The Morgan fingerprint density at radius 3 is 2.61 bits per heavy atom. The molecule has 2 aromatic carbocycles. The topological polar surface area (TPSA) is 85.1 Å². The Labute approximate surface area is 163 Å². The number of aromatic nitrogens is 3. The van der Waals surface area contributed by atoms with Crippen molar-refractivity contribution in [3.63, 3.8) is 0 Å². The first-order valence-electron chi connectivity index (χ1n) is 8.23. The van der Waals surface area contributed by atoms with Crippen LogP contribution in [0, 0.1) is 11.6 Å². The molecule has 3 aromatic rings. The predicted octanol–water partition coefficient (Wildman–Crippen LogP) is 3.78. The highest BCUT2D eigenvalue weighted by Crippen LogP contribution is 2.22. The van der Waals surface area contributed by atoms with E-state index in [4.69, 9.17) is 11.6 Å². The summed E-state index contributed by atoms with van der Waals surface area (Å²) in [5, 5.41) is 13.2. The molecule has 9 heteroatoms. The molecule has 0 spiro atoms. The van der Waals surface area contributed by atoms with E-state index in [0.717, 1.165) is 10.7 Å². The van der Waals surface area contributed by atoms with Crippen LogP contribution in [0.5, 0.6) is 0 Å². The Balaban J connectivity index is 1.77. The highest BCUT2D eigenvalue weighted by molar-refractivity contribution is 6.30. The minimum Gasteiger partial charge on any atom is -0.475 e. The Kier molecular flexibility index (Phi) is 5.79. The summed E-state index contributed by atoms with van der Waals surface area (Å²) in [5.74, 6) is -3.24. The average Bonchev–Trinajstić information content (AvgIpc) is 3.06. The lowest BCUT2D eigenvalue weighted by Crippen LogP contribution is -2.17. The van der Waals surface area contributed by atoms with E-state index in [1.165, 1.54) is 24.3 Å². The maximum absolute atomic E-state index is 13.6. The monoisotopic (exact) mass is 405 g/mol. The Morgan fingerprint density at radius 1 is 1.14 bits per heavy atom. The number of ketones is 1. The van der Waals surface area contributed by atoms with Crippen LogP contribution in [0.4, 0.5) is 8.78 Å². The minimum atomic E-state index is -1.37. The molecule has 0 aliphatic carbocycles. The largest absolute Gasteiger partial charge is 0.475 e. The fraction of sp³-hybridized carbons (Fsp3) is 0.158. The molecule has 0 amide bonds. The molecule has 3 rings (SSSR count). The number of nitrogens with zero attached hydrogens (tertiary/aromatic N) is 3. The van der Waals surface area contributed by atoms with Crippen molar-refractivity contribution in [3.05, 3.63) is 70.5 Å². The highest BCUT2D eigenvalue weighted by Gasteiger charge is 2.20. The van der Waals surface area contributed by atoms with E-state index < -0.39 is 23.4 Å². The maximum atomic E-state index is 13.6. The molecular formula is C19H14ClF2N3O3. The van der Waals surface area contributed by atoms with Gasteiger partial charge in [0.1, 0.15) is 18.2 Å². The molecule has 0 radical (unpaired) electrons. The number of Topliss-reactive ketones (excluding diaryl/α,β-unsaturated/α-hetero) is 1. The molecule has 28 heavy (non-hydrogen) atoms. The average molecular weight is 406 g/mol. The first-order valence-corrected chi connectivity index (χ1v) is 8.61. The summed E-state index contributed by atoms with van der Waals surface area (Å²) in [7, 11) is 0. The van der Waals surface area contributed by atoms with E-state index >= 15 is 0 Å². The Hall–Kier alpha value is -3.13. The summed E-state index contributed by atoms with van der Waals surface area (Å²) in [6.07, 6.45) is 0.385. The summed E-state index contributed by atoms with van der Waals surface area (Å²) >= 11 is 5.64. The third-order valence-corrected chi connectivity index (χ3v) is 4.26. The lowest BCUT2D eigenvalue weighted by atomic mass is 10.1. The lowest BCUT2D eigenvalue weighted by Gasteiger charge is -2.04. The van der Waals surface area contributed by atoms with E-state index in [2.05, 4.69) is 10.1 Å².